The predicted octanol–water partition coefficient (Wildman–Crippen LogP) is 4.29. The first-order valence-electron chi connectivity index (χ1n) is 11.9. The van der Waals surface area contributed by atoms with Crippen molar-refractivity contribution in [2.24, 2.45) is 5.92 Å². The van der Waals surface area contributed by atoms with Crippen molar-refractivity contribution in [3.8, 4) is 0 Å². The molecule has 8 nitrogen and oxygen atoms in total. The number of aromatic nitrogens is 1. The molecular weight excluding hydrogens is 460 g/mol. The molecule has 0 bridgehead atoms. The van der Waals surface area contributed by atoms with Crippen LogP contribution in [0.5, 0.6) is 0 Å². The highest BCUT2D eigenvalue weighted by molar-refractivity contribution is 6.27. The molecule has 0 aliphatic carbocycles. The number of hydrogen-bond donors (Lipinski definition) is 2. The number of rotatable bonds is 8. The van der Waals surface area contributed by atoms with Crippen LogP contribution in [-0.2, 0) is 19.1 Å². The van der Waals surface area contributed by atoms with Crippen LogP contribution in [0.3, 0.4) is 0 Å². The predicted molar refractivity (Wildman–Crippen MR) is 138 cm³/mol. The second-order valence-electron chi connectivity index (χ2n) is 8.91. The Morgan fingerprint density at radius 1 is 1.03 bits per heavy atom. The number of carboxylic acids is 2. The Balaban J connectivity index is 0.000000678. The van der Waals surface area contributed by atoms with Crippen LogP contribution in [0, 0.1) is 12.8 Å². The van der Waals surface area contributed by atoms with E-state index in [2.05, 4.69) is 42.2 Å². The summed E-state index contributed by atoms with van der Waals surface area (Å²) in [5.74, 6) is -3.66. The van der Waals surface area contributed by atoms with E-state index >= 15 is 0 Å². The third-order valence-electron chi connectivity index (χ3n) is 5.29. The van der Waals surface area contributed by atoms with Gasteiger partial charge in [-0.05, 0) is 62.5 Å². The normalized spacial score (nSPS) is 13.9. The molecule has 0 radical (unpaired) electrons. The van der Waals surface area contributed by atoms with Crippen LogP contribution in [0.4, 0.5) is 0 Å². The quantitative estimate of drug-likeness (QED) is 0.317. The first kappa shape index (κ1) is 28.5. The minimum atomic E-state index is -1.82. The Hall–Kier alpha value is -3.78. The topological polar surface area (TPSA) is 117 Å². The van der Waals surface area contributed by atoms with E-state index in [1.165, 1.54) is 24.5 Å². The summed E-state index contributed by atoms with van der Waals surface area (Å²) < 4.78 is 5.21. The second-order valence-corrected chi connectivity index (χ2v) is 8.91. The summed E-state index contributed by atoms with van der Waals surface area (Å²) in [7, 11) is 0. The Labute approximate surface area is 211 Å². The molecule has 1 aromatic carbocycles. The van der Waals surface area contributed by atoms with E-state index in [-0.39, 0.29) is 5.97 Å². The zero-order chi connectivity index (χ0) is 26.5. The molecule has 192 valence electrons. The molecule has 0 spiro atoms. The molecule has 2 aromatic rings. The molecule has 1 aromatic heterocycles. The number of benzene rings is 1. The largest absolute Gasteiger partial charge is 0.473 e. The number of pyridine rings is 1. The standard InChI is InChI=1S/C26H32N2O2.C2H2O4/c1-20(2)19-30-26(29)14-13-23-7-6-8-25(27-23)24(15-18-28-16-4-5-17-28)22-11-9-21(3)10-12-22;3-1(4)2(5)6/h6-15,20H,4-5,16-19H2,1-3H3;(H,3,4)(H,5,6)/b14-13+,24-15+;. The van der Waals surface area contributed by atoms with Crippen molar-refractivity contribution in [3.63, 3.8) is 0 Å². The summed E-state index contributed by atoms with van der Waals surface area (Å²) >= 11 is 0. The van der Waals surface area contributed by atoms with Gasteiger partial charge in [0, 0.05) is 18.2 Å². The lowest BCUT2D eigenvalue weighted by atomic mass is 10.00. The highest BCUT2D eigenvalue weighted by Crippen LogP contribution is 2.23. The summed E-state index contributed by atoms with van der Waals surface area (Å²) in [6.07, 6.45) is 8.01. The fourth-order valence-corrected chi connectivity index (χ4v) is 3.43. The molecule has 36 heavy (non-hydrogen) atoms. The van der Waals surface area contributed by atoms with Gasteiger partial charge in [-0.25, -0.2) is 19.4 Å². The van der Waals surface area contributed by atoms with Gasteiger partial charge in [0.25, 0.3) is 0 Å². The van der Waals surface area contributed by atoms with E-state index in [1.807, 2.05) is 32.0 Å². The van der Waals surface area contributed by atoms with Crippen LogP contribution in [0.15, 0.2) is 54.6 Å². The fourth-order valence-electron chi connectivity index (χ4n) is 3.43. The lowest BCUT2D eigenvalue weighted by Gasteiger charge is -2.14. The van der Waals surface area contributed by atoms with Crippen LogP contribution in [0.2, 0.25) is 0 Å². The maximum absolute atomic E-state index is 11.9. The lowest BCUT2D eigenvalue weighted by Crippen LogP contribution is -2.19. The summed E-state index contributed by atoms with van der Waals surface area (Å²) in [5, 5.41) is 14.8. The van der Waals surface area contributed by atoms with Gasteiger partial charge in [0.05, 0.1) is 18.0 Å². The molecule has 2 N–H and O–H groups in total. The Kier molecular flexibility index (Phi) is 11.5. The van der Waals surface area contributed by atoms with Crippen molar-refractivity contribution in [3.05, 3.63) is 77.1 Å². The summed E-state index contributed by atoms with van der Waals surface area (Å²) in [6, 6.07) is 14.5. The van der Waals surface area contributed by atoms with Gasteiger partial charge in [-0.1, -0.05) is 55.8 Å². The number of carboxylic acid groups (broad SMARTS) is 2. The van der Waals surface area contributed by atoms with Gasteiger partial charge in [-0.2, -0.15) is 0 Å². The Morgan fingerprint density at radius 3 is 2.25 bits per heavy atom. The maximum Gasteiger partial charge on any atom is 0.414 e. The highest BCUT2D eigenvalue weighted by atomic mass is 16.5. The summed E-state index contributed by atoms with van der Waals surface area (Å²) in [5.41, 5.74) is 5.18. The van der Waals surface area contributed by atoms with Crippen LogP contribution in [0.25, 0.3) is 11.6 Å². The van der Waals surface area contributed by atoms with Crippen molar-refractivity contribution in [1.29, 1.82) is 0 Å². The number of aliphatic carboxylic acids is 2. The van der Waals surface area contributed by atoms with Gasteiger partial charge in [-0.3, -0.25) is 4.90 Å². The maximum atomic E-state index is 11.9. The van der Waals surface area contributed by atoms with Gasteiger partial charge in [0.1, 0.15) is 0 Å². The van der Waals surface area contributed by atoms with E-state index in [1.54, 1.807) is 6.08 Å². The number of hydrogen-bond acceptors (Lipinski definition) is 6. The van der Waals surface area contributed by atoms with Gasteiger partial charge >= 0.3 is 17.9 Å². The zero-order valence-corrected chi connectivity index (χ0v) is 21.0. The van der Waals surface area contributed by atoms with Gasteiger partial charge in [0.15, 0.2) is 0 Å². The van der Waals surface area contributed by atoms with Crippen LogP contribution >= 0.6 is 0 Å². The second kappa shape index (κ2) is 14.6. The molecule has 1 aliphatic heterocycles. The molecule has 8 heteroatoms. The number of carbonyl (C=O) groups excluding carboxylic acids is 1. The third-order valence-corrected chi connectivity index (χ3v) is 5.29. The molecular formula is C28H34N2O6. The van der Waals surface area contributed by atoms with Crippen LogP contribution in [0.1, 0.15) is 49.2 Å². The number of nitrogens with zero attached hydrogens (tertiary/aromatic N) is 2. The first-order valence-corrected chi connectivity index (χ1v) is 11.9. The van der Waals surface area contributed by atoms with Crippen molar-refractivity contribution < 1.29 is 29.3 Å². The average Bonchev–Trinajstić information content (AvgIpc) is 3.37. The van der Waals surface area contributed by atoms with Crippen LogP contribution in [-0.4, -0.2) is 64.2 Å². The number of esters is 1. The number of likely N-dealkylation sites (tertiary alicyclic amines) is 1. The third kappa shape index (κ3) is 10.2. The number of ether oxygens (including phenoxy) is 1. The molecule has 0 unspecified atom stereocenters. The summed E-state index contributed by atoms with van der Waals surface area (Å²) in [6.45, 7) is 9.80. The number of aryl methyl sites for hydroxylation is 1. The van der Waals surface area contributed by atoms with Crippen molar-refractivity contribution in [2.45, 2.75) is 33.6 Å². The number of carbonyl (C=O) groups is 3. The Morgan fingerprint density at radius 2 is 1.67 bits per heavy atom. The zero-order valence-electron chi connectivity index (χ0n) is 21.0. The first-order chi connectivity index (χ1) is 17.2. The molecule has 0 atom stereocenters. The SMILES string of the molecule is Cc1ccc(/C(=C\CN2CCCC2)c2cccc(/C=C/C(=O)OCC(C)C)n2)cc1.O=C(O)C(=O)O. The molecule has 0 amide bonds. The van der Waals surface area contributed by atoms with Gasteiger partial charge in [-0.15, -0.1) is 0 Å². The van der Waals surface area contributed by atoms with E-state index in [9.17, 15) is 4.79 Å². The van der Waals surface area contributed by atoms with Crippen molar-refractivity contribution >= 4 is 29.6 Å². The van der Waals surface area contributed by atoms with E-state index in [0.29, 0.717) is 12.5 Å². The fraction of sp³-hybridized carbons (Fsp3) is 0.357. The molecule has 1 aliphatic rings. The van der Waals surface area contributed by atoms with Gasteiger partial charge in [0.2, 0.25) is 0 Å². The molecule has 0 saturated carbocycles. The van der Waals surface area contributed by atoms with Crippen molar-refractivity contribution in [1.82, 2.24) is 9.88 Å². The smallest absolute Gasteiger partial charge is 0.414 e. The highest BCUT2D eigenvalue weighted by Gasteiger charge is 2.12. The minimum Gasteiger partial charge on any atom is -0.473 e. The van der Waals surface area contributed by atoms with Gasteiger partial charge < -0.3 is 14.9 Å². The lowest BCUT2D eigenvalue weighted by molar-refractivity contribution is -0.159. The summed E-state index contributed by atoms with van der Waals surface area (Å²) in [4.78, 5) is 37.4. The molecule has 2 heterocycles. The minimum absolute atomic E-state index is 0.321. The average molecular weight is 495 g/mol. The molecule has 1 saturated heterocycles. The van der Waals surface area contributed by atoms with Crippen molar-refractivity contribution in [2.75, 3.05) is 26.2 Å². The van der Waals surface area contributed by atoms with E-state index in [4.69, 9.17) is 29.5 Å². The molecule has 1 fully saturated rings. The van der Waals surface area contributed by atoms with E-state index < -0.39 is 11.9 Å². The van der Waals surface area contributed by atoms with E-state index in [0.717, 1.165) is 42.2 Å². The molecule has 3 rings (SSSR count). The monoisotopic (exact) mass is 494 g/mol. The van der Waals surface area contributed by atoms with Crippen LogP contribution < -0.4 is 0 Å². The Bertz CT molecular complexity index is 1070.